The fourth-order valence-electron chi connectivity index (χ4n) is 3.15. The van der Waals surface area contributed by atoms with E-state index in [9.17, 15) is 15.0 Å². The third kappa shape index (κ3) is 3.93. The topological polar surface area (TPSA) is 72.8 Å². The zero-order valence-corrected chi connectivity index (χ0v) is 13.4. The molecule has 126 valence electrons. The molecule has 3 rings (SSSR count). The second-order valence-electron chi connectivity index (χ2n) is 6.19. The average molecular weight is 326 g/mol. The Morgan fingerprint density at radius 2 is 1.83 bits per heavy atom. The van der Waals surface area contributed by atoms with Crippen molar-refractivity contribution >= 4 is 5.91 Å². The van der Waals surface area contributed by atoms with Crippen LogP contribution in [0.4, 0.5) is 0 Å². The maximum Gasteiger partial charge on any atom is 0.255 e. The van der Waals surface area contributed by atoms with Crippen LogP contribution in [0.15, 0.2) is 54.6 Å². The molecule has 1 aliphatic rings. The molecule has 3 N–H and O–H groups in total. The van der Waals surface area contributed by atoms with Gasteiger partial charge in [0.1, 0.15) is 5.75 Å². The van der Waals surface area contributed by atoms with Crippen molar-refractivity contribution in [3.8, 4) is 5.75 Å². The molecule has 0 radical (unpaired) electrons. The Kier molecular flexibility index (Phi) is 5.13. The van der Waals surface area contributed by atoms with Crippen LogP contribution in [-0.2, 0) is 6.54 Å². The van der Waals surface area contributed by atoms with E-state index in [0.717, 1.165) is 6.54 Å². The van der Waals surface area contributed by atoms with Gasteiger partial charge in [0.2, 0.25) is 0 Å². The van der Waals surface area contributed by atoms with Crippen molar-refractivity contribution in [2.45, 2.75) is 25.1 Å². The van der Waals surface area contributed by atoms with Crippen molar-refractivity contribution in [1.82, 2.24) is 10.2 Å². The van der Waals surface area contributed by atoms with Crippen molar-refractivity contribution in [1.29, 1.82) is 0 Å². The molecule has 24 heavy (non-hydrogen) atoms. The van der Waals surface area contributed by atoms with Gasteiger partial charge in [-0.2, -0.15) is 0 Å². The quantitative estimate of drug-likeness (QED) is 0.783. The summed E-state index contributed by atoms with van der Waals surface area (Å²) in [5, 5.41) is 22.6. The number of para-hydroxylation sites is 1. The monoisotopic (exact) mass is 326 g/mol. The van der Waals surface area contributed by atoms with Crippen molar-refractivity contribution in [2.24, 2.45) is 0 Å². The number of rotatable bonds is 5. The minimum Gasteiger partial charge on any atom is -0.507 e. The summed E-state index contributed by atoms with van der Waals surface area (Å²) in [7, 11) is 0. The summed E-state index contributed by atoms with van der Waals surface area (Å²) in [6.07, 6.45) is 0.259. The summed E-state index contributed by atoms with van der Waals surface area (Å²) in [5.74, 6) is -0.322. The summed E-state index contributed by atoms with van der Waals surface area (Å²) in [6, 6.07) is 16.7. The fraction of sp³-hybridized carbons (Fsp3) is 0.316. The summed E-state index contributed by atoms with van der Waals surface area (Å²) in [5.41, 5.74) is 1.45. The van der Waals surface area contributed by atoms with E-state index < -0.39 is 0 Å². The molecule has 0 aromatic heterocycles. The molecule has 0 bridgehead atoms. The number of nitrogens with zero attached hydrogens (tertiary/aromatic N) is 1. The Balaban J connectivity index is 1.60. The highest BCUT2D eigenvalue weighted by molar-refractivity contribution is 5.96. The van der Waals surface area contributed by atoms with E-state index in [1.807, 2.05) is 18.2 Å². The highest BCUT2D eigenvalue weighted by Gasteiger charge is 2.31. The van der Waals surface area contributed by atoms with Gasteiger partial charge in [-0.05, 0) is 24.1 Å². The first-order valence-corrected chi connectivity index (χ1v) is 8.15. The van der Waals surface area contributed by atoms with E-state index >= 15 is 0 Å². The molecule has 1 heterocycles. The SMILES string of the molecule is O=C(NCC1CC(O)CN1Cc1ccccc1)c1ccccc1O. The standard InChI is InChI=1S/C19H22N2O3/c22-16-10-15(21(13-16)12-14-6-2-1-3-7-14)11-20-19(24)17-8-4-5-9-18(17)23/h1-9,15-16,22-23H,10-13H2,(H,20,24). The lowest BCUT2D eigenvalue weighted by molar-refractivity contribution is 0.0937. The van der Waals surface area contributed by atoms with E-state index in [2.05, 4.69) is 22.3 Å². The molecule has 1 saturated heterocycles. The number of hydrogen-bond donors (Lipinski definition) is 3. The van der Waals surface area contributed by atoms with Gasteiger partial charge in [-0.1, -0.05) is 42.5 Å². The van der Waals surface area contributed by atoms with Crippen LogP contribution in [0, 0.1) is 0 Å². The van der Waals surface area contributed by atoms with Crippen molar-refractivity contribution in [2.75, 3.05) is 13.1 Å². The molecule has 0 saturated carbocycles. The minimum absolute atomic E-state index is 0.0254. The number of amides is 1. The van der Waals surface area contributed by atoms with Crippen molar-refractivity contribution in [3.05, 3.63) is 65.7 Å². The molecule has 2 atom stereocenters. The van der Waals surface area contributed by atoms with Gasteiger partial charge in [0.05, 0.1) is 11.7 Å². The largest absolute Gasteiger partial charge is 0.507 e. The molecular formula is C19H22N2O3. The smallest absolute Gasteiger partial charge is 0.255 e. The first kappa shape index (κ1) is 16.5. The van der Waals surface area contributed by atoms with Gasteiger partial charge in [-0.3, -0.25) is 9.69 Å². The molecule has 0 aliphatic carbocycles. The molecule has 2 aromatic rings. The van der Waals surface area contributed by atoms with E-state index in [1.165, 1.54) is 11.6 Å². The Labute approximate surface area is 141 Å². The maximum absolute atomic E-state index is 12.2. The number of hydrogen-bond acceptors (Lipinski definition) is 4. The van der Waals surface area contributed by atoms with Crippen LogP contribution in [0.2, 0.25) is 0 Å². The third-order valence-electron chi connectivity index (χ3n) is 4.38. The van der Waals surface area contributed by atoms with Crippen LogP contribution in [0.25, 0.3) is 0 Å². The zero-order valence-electron chi connectivity index (χ0n) is 13.4. The summed E-state index contributed by atoms with van der Waals surface area (Å²) in [6.45, 7) is 1.79. The highest BCUT2D eigenvalue weighted by atomic mass is 16.3. The minimum atomic E-state index is -0.374. The zero-order chi connectivity index (χ0) is 16.9. The summed E-state index contributed by atoms with van der Waals surface area (Å²) in [4.78, 5) is 14.4. The molecule has 1 aliphatic heterocycles. The predicted octanol–water partition coefficient (Wildman–Crippen LogP) is 1.76. The van der Waals surface area contributed by atoms with E-state index in [0.29, 0.717) is 19.5 Å². The number of aromatic hydroxyl groups is 1. The fourth-order valence-corrected chi connectivity index (χ4v) is 3.15. The Morgan fingerprint density at radius 3 is 2.58 bits per heavy atom. The third-order valence-corrected chi connectivity index (χ3v) is 4.38. The first-order valence-electron chi connectivity index (χ1n) is 8.15. The van der Waals surface area contributed by atoms with Crippen LogP contribution in [0.3, 0.4) is 0 Å². The predicted molar refractivity (Wildman–Crippen MR) is 91.7 cm³/mol. The van der Waals surface area contributed by atoms with E-state index in [4.69, 9.17) is 0 Å². The average Bonchev–Trinajstić information content (AvgIpc) is 2.93. The van der Waals surface area contributed by atoms with Crippen LogP contribution in [-0.4, -0.2) is 46.3 Å². The number of benzene rings is 2. The number of β-amino-alcohol motifs (C(OH)–C–C–N with tert-alkyl or cyclic N) is 1. The Hall–Kier alpha value is -2.37. The molecule has 1 amide bonds. The second-order valence-corrected chi connectivity index (χ2v) is 6.19. The van der Waals surface area contributed by atoms with Gasteiger partial charge in [0.25, 0.3) is 5.91 Å². The lowest BCUT2D eigenvalue weighted by Crippen LogP contribution is -2.39. The van der Waals surface area contributed by atoms with Gasteiger partial charge in [-0.25, -0.2) is 0 Å². The van der Waals surface area contributed by atoms with Crippen molar-refractivity contribution in [3.63, 3.8) is 0 Å². The normalized spacial score (nSPS) is 20.9. The van der Waals surface area contributed by atoms with Gasteiger partial charge in [-0.15, -0.1) is 0 Å². The molecule has 1 fully saturated rings. The van der Waals surface area contributed by atoms with Crippen LogP contribution in [0.1, 0.15) is 22.3 Å². The number of nitrogens with one attached hydrogen (secondary N) is 1. The molecule has 0 spiro atoms. The van der Waals surface area contributed by atoms with Gasteiger partial charge >= 0.3 is 0 Å². The number of aliphatic hydroxyl groups is 1. The number of aliphatic hydroxyl groups excluding tert-OH is 1. The number of phenols is 1. The maximum atomic E-state index is 12.2. The van der Waals surface area contributed by atoms with Crippen LogP contribution >= 0.6 is 0 Å². The van der Waals surface area contributed by atoms with Gasteiger partial charge in [0.15, 0.2) is 0 Å². The van der Waals surface area contributed by atoms with Crippen LogP contribution < -0.4 is 5.32 Å². The summed E-state index contributed by atoms with van der Waals surface area (Å²) >= 11 is 0. The number of carbonyl (C=O) groups is 1. The Morgan fingerprint density at radius 1 is 1.12 bits per heavy atom. The van der Waals surface area contributed by atoms with Crippen LogP contribution in [0.5, 0.6) is 5.75 Å². The van der Waals surface area contributed by atoms with Crippen molar-refractivity contribution < 1.29 is 15.0 Å². The number of likely N-dealkylation sites (tertiary alicyclic amines) is 1. The summed E-state index contributed by atoms with van der Waals surface area (Å²) < 4.78 is 0. The van der Waals surface area contributed by atoms with E-state index in [-0.39, 0.29) is 29.4 Å². The number of phenolic OH excluding ortho intramolecular Hbond substituents is 1. The Bertz CT molecular complexity index is 690. The molecule has 5 nitrogen and oxygen atoms in total. The molecule has 2 unspecified atom stereocenters. The van der Waals surface area contributed by atoms with E-state index in [1.54, 1.807) is 18.2 Å². The van der Waals surface area contributed by atoms with Gasteiger partial charge in [0, 0.05) is 25.7 Å². The molecule has 5 heteroatoms. The van der Waals surface area contributed by atoms with Gasteiger partial charge < -0.3 is 15.5 Å². The number of carbonyl (C=O) groups excluding carboxylic acids is 1. The lowest BCUT2D eigenvalue weighted by atomic mass is 10.1. The molecule has 2 aromatic carbocycles. The first-order chi connectivity index (χ1) is 11.6. The lowest BCUT2D eigenvalue weighted by Gasteiger charge is -2.24. The second kappa shape index (κ2) is 7.47. The highest BCUT2D eigenvalue weighted by Crippen LogP contribution is 2.21. The molecular weight excluding hydrogens is 304 g/mol.